The van der Waals surface area contributed by atoms with E-state index >= 15 is 0 Å². The standard InChI is InChI=1S/C24H31N3O3S/c1-7-15(2)25-19(28)13-18-14-31-23-26-16(3)20(22(29)30-24(4,5)6)21(27(18)23)17-11-9-8-10-12-17/h8-12,14-15,21H,7,13H2,1-6H3,(H,25,28)/t15-,21+/m0/s1. The van der Waals surface area contributed by atoms with Crippen LogP contribution < -0.4 is 5.32 Å². The number of benzene rings is 1. The lowest BCUT2D eigenvalue weighted by molar-refractivity contribution is -0.150. The van der Waals surface area contributed by atoms with Gasteiger partial charge in [0.2, 0.25) is 5.91 Å². The van der Waals surface area contributed by atoms with Crippen LogP contribution in [0.5, 0.6) is 0 Å². The van der Waals surface area contributed by atoms with Crippen molar-refractivity contribution >= 4 is 28.8 Å². The fourth-order valence-corrected chi connectivity index (χ4v) is 4.47. The smallest absolute Gasteiger partial charge is 0.338 e. The van der Waals surface area contributed by atoms with E-state index in [0.29, 0.717) is 11.3 Å². The van der Waals surface area contributed by atoms with Crippen LogP contribution in [0.4, 0.5) is 0 Å². The zero-order chi connectivity index (χ0) is 22.8. The molecule has 0 aromatic heterocycles. The van der Waals surface area contributed by atoms with E-state index in [1.165, 1.54) is 11.8 Å². The number of amides is 1. The first-order valence-electron chi connectivity index (χ1n) is 10.6. The summed E-state index contributed by atoms with van der Waals surface area (Å²) in [5.74, 6) is -0.429. The molecule has 2 aliphatic rings. The Balaban J connectivity index is 1.99. The van der Waals surface area contributed by atoms with Gasteiger partial charge in [0.05, 0.1) is 23.7 Å². The largest absolute Gasteiger partial charge is 0.456 e. The molecular formula is C24H31N3O3S. The number of carbonyl (C=O) groups is 2. The fourth-order valence-electron chi connectivity index (χ4n) is 3.51. The quantitative estimate of drug-likeness (QED) is 0.635. The van der Waals surface area contributed by atoms with Gasteiger partial charge < -0.3 is 15.0 Å². The van der Waals surface area contributed by atoms with Gasteiger partial charge in [-0.1, -0.05) is 49.0 Å². The van der Waals surface area contributed by atoms with Gasteiger partial charge in [0.1, 0.15) is 5.60 Å². The molecule has 2 atom stereocenters. The molecule has 0 saturated carbocycles. The summed E-state index contributed by atoms with van der Waals surface area (Å²) in [4.78, 5) is 32.5. The molecule has 2 aliphatic heterocycles. The van der Waals surface area contributed by atoms with Crippen LogP contribution in [0.3, 0.4) is 0 Å². The van der Waals surface area contributed by atoms with Gasteiger partial charge in [-0.05, 0) is 52.0 Å². The molecule has 166 valence electrons. The lowest BCUT2D eigenvalue weighted by atomic mass is 9.93. The molecule has 0 spiro atoms. The summed E-state index contributed by atoms with van der Waals surface area (Å²) < 4.78 is 5.73. The molecule has 3 rings (SSSR count). The van der Waals surface area contributed by atoms with Gasteiger partial charge in [-0.3, -0.25) is 4.79 Å². The van der Waals surface area contributed by atoms with Crippen molar-refractivity contribution in [3.8, 4) is 0 Å². The van der Waals surface area contributed by atoms with Gasteiger partial charge in [0, 0.05) is 11.7 Å². The summed E-state index contributed by atoms with van der Waals surface area (Å²) in [5, 5.41) is 5.74. The number of nitrogens with one attached hydrogen (secondary N) is 1. The number of rotatable bonds is 6. The predicted octanol–water partition coefficient (Wildman–Crippen LogP) is 4.91. The number of hydrogen-bond acceptors (Lipinski definition) is 6. The molecular weight excluding hydrogens is 410 g/mol. The summed E-state index contributed by atoms with van der Waals surface area (Å²) in [6.45, 7) is 11.4. The van der Waals surface area contributed by atoms with Crippen LogP contribution in [-0.2, 0) is 14.3 Å². The molecule has 0 aliphatic carbocycles. The third-order valence-electron chi connectivity index (χ3n) is 5.10. The number of aliphatic imine (C=N–C) groups is 1. The molecule has 31 heavy (non-hydrogen) atoms. The summed E-state index contributed by atoms with van der Waals surface area (Å²) in [5.41, 5.74) is 2.29. The monoisotopic (exact) mass is 441 g/mol. The van der Waals surface area contributed by atoms with Gasteiger partial charge in [-0.15, -0.1) is 0 Å². The Bertz CT molecular complexity index is 945. The normalized spacial score (nSPS) is 19.4. The van der Waals surface area contributed by atoms with Gasteiger partial charge >= 0.3 is 5.97 Å². The highest BCUT2D eigenvalue weighted by Gasteiger charge is 2.41. The minimum absolute atomic E-state index is 0.0423. The Morgan fingerprint density at radius 3 is 2.55 bits per heavy atom. The number of hydrogen-bond donors (Lipinski definition) is 1. The fraction of sp³-hybridized carbons (Fsp3) is 0.458. The lowest BCUT2D eigenvalue weighted by Crippen LogP contribution is -2.40. The number of esters is 1. The number of carbonyl (C=O) groups excluding carboxylic acids is 2. The van der Waals surface area contributed by atoms with E-state index < -0.39 is 11.6 Å². The summed E-state index contributed by atoms with van der Waals surface area (Å²) >= 11 is 1.48. The number of ether oxygens (including phenoxy) is 1. The van der Waals surface area contributed by atoms with Crippen LogP contribution >= 0.6 is 11.8 Å². The van der Waals surface area contributed by atoms with Crippen molar-refractivity contribution in [3.63, 3.8) is 0 Å². The molecule has 7 heteroatoms. The average Bonchev–Trinajstić information content (AvgIpc) is 3.07. The number of fused-ring (bicyclic) bond motifs is 1. The van der Waals surface area contributed by atoms with Gasteiger partial charge in [0.25, 0.3) is 0 Å². The second kappa shape index (κ2) is 9.30. The molecule has 1 N–H and O–H groups in total. The molecule has 0 fully saturated rings. The maximum atomic E-state index is 13.2. The van der Waals surface area contributed by atoms with E-state index in [2.05, 4.69) is 10.3 Å². The van der Waals surface area contributed by atoms with Crippen LogP contribution in [-0.4, -0.2) is 33.6 Å². The summed E-state index contributed by atoms with van der Waals surface area (Å²) in [7, 11) is 0. The Kier molecular flexibility index (Phi) is 6.94. The number of nitrogens with zero attached hydrogens (tertiary/aromatic N) is 2. The second-order valence-electron chi connectivity index (χ2n) is 8.86. The topological polar surface area (TPSA) is 71.0 Å². The van der Waals surface area contributed by atoms with Gasteiger partial charge in [-0.2, -0.15) is 0 Å². The summed E-state index contributed by atoms with van der Waals surface area (Å²) in [6, 6.07) is 9.54. The Hall–Kier alpha value is -2.54. The maximum Gasteiger partial charge on any atom is 0.338 e. The average molecular weight is 442 g/mol. The zero-order valence-corrected chi connectivity index (χ0v) is 19.9. The molecule has 1 aromatic carbocycles. The van der Waals surface area contributed by atoms with Crippen LogP contribution in [0.2, 0.25) is 0 Å². The minimum Gasteiger partial charge on any atom is -0.456 e. The molecule has 0 unspecified atom stereocenters. The third kappa shape index (κ3) is 5.39. The van der Waals surface area contributed by atoms with E-state index in [-0.39, 0.29) is 24.3 Å². The molecule has 2 heterocycles. The third-order valence-corrected chi connectivity index (χ3v) is 5.98. The van der Waals surface area contributed by atoms with Crippen molar-refractivity contribution in [3.05, 3.63) is 58.3 Å². The Labute approximate surface area is 188 Å². The molecule has 6 nitrogen and oxygen atoms in total. The first kappa shape index (κ1) is 23.1. The van der Waals surface area contributed by atoms with E-state index in [1.807, 2.05) is 82.2 Å². The van der Waals surface area contributed by atoms with Crippen molar-refractivity contribution < 1.29 is 14.3 Å². The van der Waals surface area contributed by atoms with E-state index in [1.54, 1.807) is 0 Å². The number of amidine groups is 1. The zero-order valence-electron chi connectivity index (χ0n) is 19.1. The molecule has 0 saturated heterocycles. The summed E-state index contributed by atoms with van der Waals surface area (Å²) in [6.07, 6.45) is 1.09. The van der Waals surface area contributed by atoms with E-state index in [0.717, 1.165) is 22.8 Å². The molecule has 0 bridgehead atoms. The van der Waals surface area contributed by atoms with Gasteiger partial charge in [0.15, 0.2) is 5.17 Å². The Morgan fingerprint density at radius 2 is 1.94 bits per heavy atom. The highest BCUT2D eigenvalue weighted by atomic mass is 32.2. The van der Waals surface area contributed by atoms with Crippen LogP contribution in [0.1, 0.15) is 66.0 Å². The first-order valence-corrected chi connectivity index (χ1v) is 11.5. The van der Waals surface area contributed by atoms with Crippen LogP contribution in [0.15, 0.2) is 57.7 Å². The maximum absolute atomic E-state index is 13.2. The van der Waals surface area contributed by atoms with Crippen molar-refractivity contribution in [2.75, 3.05) is 0 Å². The SMILES string of the molecule is CC[C@H](C)NC(=O)CC1=CSC2=NC(C)=C(C(=O)OC(C)(C)C)[C@@H](c3ccccc3)N12. The van der Waals surface area contributed by atoms with E-state index in [9.17, 15) is 9.59 Å². The minimum atomic E-state index is -0.621. The van der Waals surface area contributed by atoms with Crippen molar-refractivity contribution in [1.29, 1.82) is 0 Å². The van der Waals surface area contributed by atoms with E-state index in [4.69, 9.17) is 4.74 Å². The number of thioether (sulfide) groups is 1. The highest BCUT2D eigenvalue weighted by molar-refractivity contribution is 8.16. The van der Waals surface area contributed by atoms with Gasteiger partial charge in [-0.25, -0.2) is 9.79 Å². The predicted molar refractivity (Wildman–Crippen MR) is 125 cm³/mol. The first-order chi connectivity index (χ1) is 14.6. The highest BCUT2D eigenvalue weighted by Crippen LogP contribution is 2.45. The van der Waals surface area contributed by atoms with Crippen LogP contribution in [0.25, 0.3) is 0 Å². The molecule has 1 aromatic rings. The Morgan fingerprint density at radius 1 is 1.26 bits per heavy atom. The lowest BCUT2D eigenvalue weighted by Gasteiger charge is -2.37. The molecule has 0 radical (unpaired) electrons. The number of allylic oxidation sites excluding steroid dienone is 1. The van der Waals surface area contributed by atoms with Crippen molar-refractivity contribution in [2.24, 2.45) is 4.99 Å². The van der Waals surface area contributed by atoms with Crippen molar-refractivity contribution in [2.45, 2.75) is 72.1 Å². The molecule has 1 amide bonds. The van der Waals surface area contributed by atoms with Crippen molar-refractivity contribution in [1.82, 2.24) is 10.2 Å². The second-order valence-corrected chi connectivity index (χ2v) is 9.70. The van der Waals surface area contributed by atoms with Crippen LogP contribution in [0, 0.1) is 0 Å².